The highest BCUT2D eigenvalue weighted by molar-refractivity contribution is 6.02. The SMILES string of the molecule is C/C=C/COc1ccc2c(c1)OCC2=O. The Morgan fingerprint density at radius 3 is 3.20 bits per heavy atom. The zero-order valence-corrected chi connectivity index (χ0v) is 8.53. The Morgan fingerprint density at radius 1 is 1.53 bits per heavy atom. The molecule has 0 amide bonds. The summed E-state index contributed by atoms with van der Waals surface area (Å²) in [6.45, 7) is 2.62. The summed E-state index contributed by atoms with van der Waals surface area (Å²) >= 11 is 0. The van der Waals surface area contributed by atoms with E-state index in [1.165, 1.54) is 0 Å². The van der Waals surface area contributed by atoms with E-state index in [1.54, 1.807) is 18.2 Å². The summed E-state index contributed by atoms with van der Waals surface area (Å²) in [4.78, 5) is 11.3. The van der Waals surface area contributed by atoms with Gasteiger partial charge in [0.05, 0.1) is 5.56 Å². The van der Waals surface area contributed by atoms with E-state index in [0.29, 0.717) is 17.9 Å². The van der Waals surface area contributed by atoms with E-state index >= 15 is 0 Å². The van der Waals surface area contributed by atoms with Crippen LogP contribution >= 0.6 is 0 Å². The van der Waals surface area contributed by atoms with Crippen LogP contribution < -0.4 is 9.47 Å². The van der Waals surface area contributed by atoms with Gasteiger partial charge in [-0.05, 0) is 19.1 Å². The molecule has 1 aliphatic heterocycles. The minimum atomic E-state index is 0.0324. The van der Waals surface area contributed by atoms with E-state index < -0.39 is 0 Å². The van der Waals surface area contributed by atoms with E-state index in [1.807, 2.05) is 19.1 Å². The van der Waals surface area contributed by atoms with Crippen molar-refractivity contribution in [3.05, 3.63) is 35.9 Å². The van der Waals surface area contributed by atoms with Gasteiger partial charge in [-0.25, -0.2) is 0 Å². The number of ketones is 1. The predicted octanol–water partition coefficient (Wildman–Crippen LogP) is 2.22. The number of ether oxygens (including phenoxy) is 2. The molecule has 0 bridgehead atoms. The second-order valence-electron chi connectivity index (χ2n) is 3.25. The minimum absolute atomic E-state index is 0.0324. The zero-order valence-electron chi connectivity index (χ0n) is 8.53. The highest BCUT2D eigenvalue weighted by Crippen LogP contribution is 2.29. The fraction of sp³-hybridized carbons (Fsp3) is 0.250. The zero-order chi connectivity index (χ0) is 10.7. The van der Waals surface area contributed by atoms with Gasteiger partial charge in [0.25, 0.3) is 0 Å². The maximum atomic E-state index is 11.3. The molecule has 0 aliphatic carbocycles. The minimum Gasteiger partial charge on any atom is -0.489 e. The molecule has 0 radical (unpaired) electrons. The lowest BCUT2D eigenvalue weighted by Crippen LogP contribution is -1.98. The van der Waals surface area contributed by atoms with Crippen molar-refractivity contribution in [3.63, 3.8) is 0 Å². The lowest BCUT2D eigenvalue weighted by molar-refractivity contribution is 0.0961. The summed E-state index contributed by atoms with van der Waals surface area (Å²) in [6.07, 6.45) is 3.84. The van der Waals surface area contributed by atoms with Crippen molar-refractivity contribution in [2.75, 3.05) is 13.2 Å². The number of rotatable bonds is 3. The number of fused-ring (bicyclic) bond motifs is 1. The molecule has 1 aliphatic rings. The van der Waals surface area contributed by atoms with Crippen molar-refractivity contribution < 1.29 is 14.3 Å². The van der Waals surface area contributed by atoms with Crippen molar-refractivity contribution in [1.82, 2.24) is 0 Å². The average molecular weight is 204 g/mol. The Hall–Kier alpha value is -1.77. The summed E-state index contributed by atoms with van der Waals surface area (Å²) < 4.78 is 10.6. The molecule has 1 heterocycles. The van der Waals surface area contributed by atoms with Crippen LogP contribution in [0.25, 0.3) is 0 Å². The first-order valence-electron chi connectivity index (χ1n) is 4.85. The number of benzene rings is 1. The number of hydrogen-bond donors (Lipinski definition) is 0. The fourth-order valence-corrected chi connectivity index (χ4v) is 1.40. The third kappa shape index (κ3) is 2.01. The summed E-state index contributed by atoms with van der Waals surface area (Å²) in [7, 11) is 0. The van der Waals surface area contributed by atoms with Gasteiger partial charge in [0, 0.05) is 6.07 Å². The predicted molar refractivity (Wildman–Crippen MR) is 56.6 cm³/mol. The van der Waals surface area contributed by atoms with E-state index in [4.69, 9.17) is 9.47 Å². The van der Waals surface area contributed by atoms with Gasteiger partial charge >= 0.3 is 0 Å². The molecule has 0 spiro atoms. The Morgan fingerprint density at radius 2 is 2.40 bits per heavy atom. The quantitative estimate of drug-likeness (QED) is 0.708. The van der Waals surface area contributed by atoms with Crippen molar-refractivity contribution in [2.45, 2.75) is 6.92 Å². The molecule has 15 heavy (non-hydrogen) atoms. The molecule has 0 saturated heterocycles. The summed E-state index contributed by atoms with van der Waals surface area (Å²) in [5.41, 5.74) is 0.647. The summed E-state index contributed by atoms with van der Waals surface area (Å²) in [5, 5.41) is 0. The maximum absolute atomic E-state index is 11.3. The Bertz CT molecular complexity index is 407. The van der Waals surface area contributed by atoms with Gasteiger partial charge in [0.2, 0.25) is 5.78 Å². The van der Waals surface area contributed by atoms with Crippen LogP contribution in [-0.2, 0) is 0 Å². The van der Waals surface area contributed by atoms with Crippen LogP contribution in [0, 0.1) is 0 Å². The first kappa shape index (κ1) is 9.77. The second-order valence-corrected chi connectivity index (χ2v) is 3.25. The van der Waals surface area contributed by atoms with E-state index in [-0.39, 0.29) is 12.4 Å². The van der Waals surface area contributed by atoms with Crippen molar-refractivity contribution in [2.24, 2.45) is 0 Å². The molecule has 2 rings (SSSR count). The van der Waals surface area contributed by atoms with Gasteiger partial charge in [0.1, 0.15) is 18.1 Å². The van der Waals surface area contributed by atoms with Crippen LogP contribution in [0.3, 0.4) is 0 Å². The van der Waals surface area contributed by atoms with Gasteiger partial charge in [-0.2, -0.15) is 0 Å². The molecule has 3 nitrogen and oxygen atoms in total. The first-order chi connectivity index (χ1) is 7.31. The van der Waals surface area contributed by atoms with Crippen LogP contribution in [0.5, 0.6) is 11.5 Å². The third-order valence-corrected chi connectivity index (χ3v) is 2.19. The van der Waals surface area contributed by atoms with Crippen LogP contribution in [0.1, 0.15) is 17.3 Å². The highest BCUT2D eigenvalue weighted by atomic mass is 16.5. The Balaban J connectivity index is 2.12. The molecule has 0 atom stereocenters. The third-order valence-electron chi connectivity index (χ3n) is 2.19. The van der Waals surface area contributed by atoms with Gasteiger partial charge in [0.15, 0.2) is 6.61 Å². The fourth-order valence-electron chi connectivity index (χ4n) is 1.40. The van der Waals surface area contributed by atoms with E-state index in [0.717, 1.165) is 5.75 Å². The number of carbonyl (C=O) groups excluding carboxylic acids is 1. The molecule has 0 N–H and O–H groups in total. The summed E-state index contributed by atoms with van der Waals surface area (Å²) in [5.74, 6) is 1.38. The lowest BCUT2D eigenvalue weighted by atomic mass is 10.1. The van der Waals surface area contributed by atoms with Crippen molar-refractivity contribution in [1.29, 1.82) is 0 Å². The molecule has 1 aromatic rings. The number of Topliss-reactive ketones (excluding diaryl/α,β-unsaturated/α-hetero) is 1. The summed E-state index contributed by atoms with van der Waals surface area (Å²) in [6, 6.07) is 5.29. The molecular formula is C12H12O3. The number of hydrogen-bond acceptors (Lipinski definition) is 3. The Kier molecular flexibility index (Phi) is 2.72. The van der Waals surface area contributed by atoms with Gasteiger partial charge in [-0.1, -0.05) is 12.2 Å². The normalized spacial score (nSPS) is 14.1. The first-order valence-corrected chi connectivity index (χ1v) is 4.85. The standard InChI is InChI=1S/C12H12O3/c1-2-3-6-14-9-4-5-10-11(13)8-15-12(10)7-9/h2-5,7H,6,8H2,1H3/b3-2+. The largest absolute Gasteiger partial charge is 0.489 e. The van der Waals surface area contributed by atoms with Gasteiger partial charge < -0.3 is 9.47 Å². The molecule has 0 aromatic heterocycles. The van der Waals surface area contributed by atoms with Gasteiger partial charge in [-0.3, -0.25) is 4.79 Å². The molecule has 0 unspecified atom stereocenters. The smallest absolute Gasteiger partial charge is 0.203 e. The molecule has 0 fully saturated rings. The number of allylic oxidation sites excluding steroid dienone is 1. The molecule has 3 heteroatoms. The van der Waals surface area contributed by atoms with Crippen LogP contribution in [0.2, 0.25) is 0 Å². The maximum Gasteiger partial charge on any atom is 0.203 e. The number of carbonyl (C=O) groups is 1. The molecule has 1 aromatic carbocycles. The van der Waals surface area contributed by atoms with E-state index in [9.17, 15) is 4.79 Å². The monoisotopic (exact) mass is 204 g/mol. The van der Waals surface area contributed by atoms with Crippen LogP contribution in [-0.4, -0.2) is 19.0 Å². The second kappa shape index (κ2) is 4.17. The molecule has 78 valence electrons. The van der Waals surface area contributed by atoms with E-state index in [2.05, 4.69) is 0 Å². The van der Waals surface area contributed by atoms with Gasteiger partial charge in [-0.15, -0.1) is 0 Å². The average Bonchev–Trinajstić information content (AvgIpc) is 2.61. The molecular weight excluding hydrogens is 192 g/mol. The van der Waals surface area contributed by atoms with Crippen molar-refractivity contribution >= 4 is 5.78 Å². The van der Waals surface area contributed by atoms with Crippen LogP contribution in [0.4, 0.5) is 0 Å². The lowest BCUT2D eigenvalue weighted by Gasteiger charge is -2.04. The highest BCUT2D eigenvalue weighted by Gasteiger charge is 2.20. The van der Waals surface area contributed by atoms with Crippen LogP contribution in [0.15, 0.2) is 30.4 Å². The Labute approximate surface area is 88.3 Å². The molecule has 0 saturated carbocycles. The topological polar surface area (TPSA) is 35.5 Å². The van der Waals surface area contributed by atoms with Crippen molar-refractivity contribution in [3.8, 4) is 11.5 Å².